The molecule has 5 heteroatoms. The molecule has 1 unspecified atom stereocenters. The van der Waals surface area contributed by atoms with E-state index in [2.05, 4.69) is 41.4 Å². The van der Waals surface area contributed by atoms with Crippen LogP contribution in [-0.2, 0) is 4.74 Å². The maximum Gasteiger partial charge on any atom is 0.251 e. The molecular weight excluding hydrogens is 328 g/mol. The molecule has 2 aromatic rings. The Bertz CT molecular complexity index is 724. The van der Waals surface area contributed by atoms with Gasteiger partial charge in [0.2, 0.25) is 0 Å². The summed E-state index contributed by atoms with van der Waals surface area (Å²) in [5.41, 5.74) is 3.08. The summed E-state index contributed by atoms with van der Waals surface area (Å²) >= 11 is 0. The highest BCUT2D eigenvalue weighted by Gasteiger charge is 2.23. The highest BCUT2D eigenvalue weighted by Crippen LogP contribution is 2.22. The third-order valence-corrected chi connectivity index (χ3v) is 4.72. The maximum atomic E-state index is 12.5. The molecule has 1 heterocycles. The molecule has 1 amide bonds. The quantitative estimate of drug-likeness (QED) is 0.867. The van der Waals surface area contributed by atoms with Crippen LogP contribution in [0.1, 0.15) is 27.5 Å². The number of ether oxygens (including phenoxy) is 2. The summed E-state index contributed by atoms with van der Waals surface area (Å²) in [5, 5.41) is 3.09. The Hall–Kier alpha value is -2.37. The fraction of sp³-hybridized carbons (Fsp3) is 0.381. The fourth-order valence-electron chi connectivity index (χ4n) is 3.26. The number of nitrogens with one attached hydrogen (secondary N) is 1. The number of rotatable bonds is 6. The van der Waals surface area contributed by atoms with Crippen molar-refractivity contribution in [3.63, 3.8) is 0 Å². The highest BCUT2D eigenvalue weighted by molar-refractivity contribution is 5.94. The lowest BCUT2D eigenvalue weighted by molar-refractivity contribution is 0.0162. The third kappa shape index (κ3) is 4.62. The Balaban J connectivity index is 1.71. The number of amides is 1. The van der Waals surface area contributed by atoms with Crippen molar-refractivity contribution in [1.29, 1.82) is 0 Å². The average molecular weight is 354 g/mol. The van der Waals surface area contributed by atoms with E-state index in [0.29, 0.717) is 12.1 Å². The fourth-order valence-corrected chi connectivity index (χ4v) is 3.26. The average Bonchev–Trinajstić information content (AvgIpc) is 2.69. The summed E-state index contributed by atoms with van der Waals surface area (Å²) < 4.78 is 10.6. The second-order valence-electron chi connectivity index (χ2n) is 6.52. The Labute approximate surface area is 154 Å². The molecule has 1 saturated heterocycles. The van der Waals surface area contributed by atoms with Gasteiger partial charge >= 0.3 is 0 Å². The molecule has 1 aliphatic heterocycles. The molecule has 0 saturated carbocycles. The first kappa shape index (κ1) is 18.4. The summed E-state index contributed by atoms with van der Waals surface area (Å²) in [6, 6.07) is 15.8. The van der Waals surface area contributed by atoms with E-state index >= 15 is 0 Å². The number of hydrogen-bond acceptors (Lipinski definition) is 4. The van der Waals surface area contributed by atoms with Crippen LogP contribution in [0.15, 0.2) is 48.5 Å². The van der Waals surface area contributed by atoms with E-state index < -0.39 is 0 Å². The molecule has 26 heavy (non-hydrogen) atoms. The predicted octanol–water partition coefficient (Wildman–Crippen LogP) is 2.81. The minimum Gasteiger partial charge on any atom is -0.497 e. The largest absolute Gasteiger partial charge is 0.497 e. The van der Waals surface area contributed by atoms with Gasteiger partial charge in [0, 0.05) is 25.2 Å². The minimum absolute atomic E-state index is 0.0708. The van der Waals surface area contributed by atoms with Crippen LogP contribution >= 0.6 is 0 Å². The van der Waals surface area contributed by atoms with Crippen LogP contribution in [-0.4, -0.2) is 50.8 Å². The van der Waals surface area contributed by atoms with Crippen molar-refractivity contribution in [3.05, 3.63) is 65.2 Å². The van der Waals surface area contributed by atoms with E-state index in [4.69, 9.17) is 9.47 Å². The first-order chi connectivity index (χ1) is 12.7. The van der Waals surface area contributed by atoms with Gasteiger partial charge in [0.05, 0.1) is 26.4 Å². The van der Waals surface area contributed by atoms with Crippen LogP contribution in [0.3, 0.4) is 0 Å². The minimum atomic E-state index is -0.0708. The molecule has 1 N–H and O–H groups in total. The summed E-state index contributed by atoms with van der Waals surface area (Å²) in [4.78, 5) is 14.9. The predicted molar refractivity (Wildman–Crippen MR) is 102 cm³/mol. The van der Waals surface area contributed by atoms with Crippen molar-refractivity contribution < 1.29 is 14.3 Å². The lowest BCUT2D eigenvalue weighted by Crippen LogP contribution is -2.43. The molecule has 1 atom stereocenters. The summed E-state index contributed by atoms with van der Waals surface area (Å²) in [6.07, 6.45) is 0. The van der Waals surface area contributed by atoms with Gasteiger partial charge in [0.15, 0.2) is 0 Å². The first-order valence-electron chi connectivity index (χ1n) is 8.98. The van der Waals surface area contributed by atoms with Crippen LogP contribution in [0.4, 0.5) is 0 Å². The second kappa shape index (κ2) is 8.83. The van der Waals surface area contributed by atoms with Crippen molar-refractivity contribution in [3.8, 4) is 5.75 Å². The van der Waals surface area contributed by atoms with Gasteiger partial charge < -0.3 is 14.8 Å². The van der Waals surface area contributed by atoms with Gasteiger partial charge in [-0.25, -0.2) is 0 Å². The molecule has 5 nitrogen and oxygen atoms in total. The smallest absolute Gasteiger partial charge is 0.251 e. The van der Waals surface area contributed by atoms with Gasteiger partial charge in [-0.3, -0.25) is 9.69 Å². The molecule has 3 rings (SSSR count). The van der Waals surface area contributed by atoms with Crippen molar-refractivity contribution in [2.24, 2.45) is 0 Å². The Morgan fingerprint density at radius 1 is 1.19 bits per heavy atom. The van der Waals surface area contributed by atoms with Crippen molar-refractivity contribution >= 4 is 5.91 Å². The summed E-state index contributed by atoms with van der Waals surface area (Å²) in [5.74, 6) is 0.672. The topological polar surface area (TPSA) is 50.8 Å². The standard InChI is InChI=1S/C21H26N2O3/c1-16-4-3-5-18(14-16)20(23-10-12-26-13-11-23)15-22-21(24)17-6-8-19(25-2)9-7-17/h3-9,14,20H,10-13,15H2,1-2H3,(H,22,24). The van der Waals surface area contributed by atoms with Crippen molar-refractivity contribution in [2.75, 3.05) is 40.0 Å². The number of carbonyl (C=O) groups excluding carboxylic acids is 1. The molecule has 1 fully saturated rings. The Kier molecular flexibility index (Phi) is 6.26. The Morgan fingerprint density at radius 2 is 1.92 bits per heavy atom. The van der Waals surface area contributed by atoms with E-state index in [1.54, 1.807) is 31.4 Å². The van der Waals surface area contributed by atoms with Crippen LogP contribution in [0.25, 0.3) is 0 Å². The van der Waals surface area contributed by atoms with E-state index in [0.717, 1.165) is 32.1 Å². The number of methoxy groups -OCH3 is 1. The normalized spacial score (nSPS) is 16.1. The monoisotopic (exact) mass is 354 g/mol. The zero-order valence-electron chi connectivity index (χ0n) is 15.4. The number of carbonyl (C=O) groups is 1. The lowest BCUT2D eigenvalue weighted by Gasteiger charge is -2.35. The molecule has 0 spiro atoms. The van der Waals surface area contributed by atoms with E-state index in [-0.39, 0.29) is 11.9 Å². The molecule has 0 aliphatic carbocycles. The van der Waals surface area contributed by atoms with Gasteiger partial charge in [-0.1, -0.05) is 29.8 Å². The molecule has 1 aliphatic rings. The highest BCUT2D eigenvalue weighted by atomic mass is 16.5. The molecule has 0 radical (unpaired) electrons. The molecule has 0 bridgehead atoms. The molecule has 0 aromatic heterocycles. The van der Waals surface area contributed by atoms with Gasteiger partial charge in [-0.05, 0) is 36.8 Å². The second-order valence-corrected chi connectivity index (χ2v) is 6.52. The van der Waals surface area contributed by atoms with Gasteiger partial charge in [-0.2, -0.15) is 0 Å². The van der Waals surface area contributed by atoms with E-state index in [9.17, 15) is 4.79 Å². The summed E-state index contributed by atoms with van der Waals surface area (Å²) in [6.45, 7) is 5.86. The van der Waals surface area contributed by atoms with Crippen molar-refractivity contribution in [1.82, 2.24) is 10.2 Å². The number of hydrogen-bond donors (Lipinski definition) is 1. The summed E-state index contributed by atoms with van der Waals surface area (Å²) in [7, 11) is 1.61. The third-order valence-electron chi connectivity index (χ3n) is 4.72. The van der Waals surface area contributed by atoms with Crippen LogP contribution < -0.4 is 10.1 Å². The molecular formula is C21H26N2O3. The van der Waals surface area contributed by atoms with Crippen LogP contribution in [0, 0.1) is 6.92 Å². The van der Waals surface area contributed by atoms with Crippen LogP contribution in [0.2, 0.25) is 0 Å². The maximum absolute atomic E-state index is 12.5. The zero-order chi connectivity index (χ0) is 18.4. The number of nitrogens with zero attached hydrogens (tertiary/aromatic N) is 1. The van der Waals surface area contributed by atoms with Crippen LogP contribution in [0.5, 0.6) is 5.75 Å². The Morgan fingerprint density at radius 3 is 2.58 bits per heavy atom. The lowest BCUT2D eigenvalue weighted by atomic mass is 10.0. The van der Waals surface area contributed by atoms with Gasteiger partial charge in [-0.15, -0.1) is 0 Å². The number of morpholine rings is 1. The van der Waals surface area contributed by atoms with Crippen molar-refractivity contribution in [2.45, 2.75) is 13.0 Å². The van der Waals surface area contributed by atoms with E-state index in [1.807, 2.05) is 0 Å². The number of aryl methyl sites for hydroxylation is 1. The molecule has 2 aromatic carbocycles. The van der Waals surface area contributed by atoms with E-state index in [1.165, 1.54) is 11.1 Å². The van der Waals surface area contributed by atoms with Gasteiger partial charge in [0.1, 0.15) is 5.75 Å². The first-order valence-corrected chi connectivity index (χ1v) is 8.98. The number of benzene rings is 2. The molecule has 138 valence electrons. The zero-order valence-corrected chi connectivity index (χ0v) is 15.4. The van der Waals surface area contributed by atoms with Gasteiger partial charge in [0.25, 0.3) is 5.91 Å². The SMILES string of the molecule is COc1ccc(C(=O)NCC(c2cccc(C)c2)N2CCOCC2)cc1.